The number of hydrogen-bond donors (Lipinski definition) is 0. The number of ether oxygens (including phenoxy) is 1. The third-order valence-corrected chi connectivity index (χ3v) is 6.48. The van der Waals surface area contributed by atoms with Crippen LogP contribution in [0.3, 0.4) is 0 Å². The van der Waals surface area contributed by atoms with Crippen molar-refractivity contribution in [3.8, 4) is 0 Å². The Hall–Kier alpha value is -3.14. The number of anilines is 1. The first kappa shape index (κ1) is 17.7. The molecule has 0 radical (unpaired) electrons. The van der Waals surface area contributed by atoms with Crippen molar-refractivity contribution in [2.24, 2.45) is 0 Å². The van der Waals surface area contributed by atoms with E-state index in [1.807, 2.05) is 11.0 Å². The standard InChI is InChI=1S/C20H20FN7O2/c21-13-11-25-28-16(3-6-24-18(13)28)26-9-4-20(5-10-26)19(29)27-15(1-2-17(27)30-20)14-12-22-7-8-23-14/h3,6-8,11-12,15,17H,1-2,4-5,9-10H2/t15-,17+/m0/s1. The molecule has 0 bridgehead atoms. The van der Waals surface area contributed by atoms with Gasteiger partial charge in [0.15, 0.2) is 17.1 Å². The maximum Gasteiger partial charge on any atom is 0.257 e. The molecule has 2 atom stereocenters. The number of fused-ring (bicyclic) bond motifs is 2. The molecule has 0 aromatic carbocycles. The molecular weight excluding hydrogens is 389 g/mol. The SMILES string of the molecule is O=C1N2[C@@H](CC[C@H]2c2cnccn2)OC12CCN(c1ccnc3c(F)cnn13)CC2. The van der Waals surface area contributed by atoms with E-state index in [0.29, 0.717) is 25.9 Å². The lowest BCUT2D eigenvalue weighted by atomic mass is 9.90. The smallest absolute Gasteiger partial charge is 0.257 e. The van der Waals surface area contributed by atoms with Crippen molar-refractivity contribution in [2.45, 2.75) is 43.6 Å². The number of piperidine rings is 1. The lowest BCUT2D eigenvalue weighted by Gasteiger charge is -2.38. The number of carbonyl (C=O) groups excluding carboxylic acids is 1. The zero-order valence-electron chi connectivity index (χ0n) is 16.2. The summed E-state index contributed by atoms with van der Waals surface area (Å²) in [5, 5.41) is 4.11. The highest BCUT2D eigenvalue weighted by atomic mass is 19.1. The third-order valence-electron chi connectivity index (χ3n) is 6.48. The van der Waals surface area contributed by atoms with Crippen molar-refractivity contribution in [1.82, 2.24) is 29.5 Å². The van der Waals surface area contributed by atoms with Crippen LogP contribution in [0.4, 0.5) is 10.2 Å². The summed E-state index contributed by atoms with van der Waals surface area (Å²) in [6, 6.07) is 1.73. The summed E-state index contributed by atoms with van der Waals surface area (Å²) in [7, 11) is 0. The van der Waals surface area contributed by atoms with E-state index in [9.17, 15) is 9.18 Å². The minimum Gasteiger partial charge on any atom is -0.356 e. The zero-order valence-corrected chi connectivity index (χ0v) is 16.2. The van der Waals surface area contributed by atoms with Crippen LogP contribution in [-0.2, 0) is 9.53 Å². The summed E-state index contributed by atoms with van der Waals surface area (Å²) in [4.78, 5) is 30.1. The summed E-state index contributed by atoms with van der Waals surface area (Å²) in [5.41, 5.74) is 0.212. The predicted octanol–water partition coefficient (Wildman–Crippen LogP) is 1.72. The molecule has 3 aliphatic rings. The highest BCUT2D eigenvalue weighted by Crippen LogP contribution is 2.47. The van der Waals surface area contributed by atoms with Crippen LogP contribution in [0.2, 0.25) is 0 Å². The van der Waals surface area contributed by atoms with Gasteiger partial charge in [0, 0.05) is 44.5 Å². The number of amides is 1. The monoisotopic (exact) mass is 409 g/mol. The van der Waals surface area contributed by atoms with Crippen LogP contribution >= 0.6 is 0 Å². The number of nitrogens with zero attached hydrogens (tertiary/aromatic N) is 7. The van der Waals surface area contributed by atoms with E-state index in [0.717, 1.165) is 24.4 Å². The van der Waals surface area contributed by atoms with E-state index in [1.54, 1.807) is 24.8 Å². The molecule has 3 aromatic rings. The van der Waals surface area contributed by atoms with E-state index in [1.165, 1.54) is 10.7 Å². The van der Waals surface area contributed by atoms with Gasteiger partial charge in [-0.3, -0.25) is 14.8 Å². The van der Waals surface area contributed by atoms with E-state index < -0.39 is 11.4 Å². The number of rotatable bonds is 2. The summed E-state index contributed by atoms with van der Waals surface area (Å²) < 4.78 is 21.7. The molecule has 0 unspecified atom stereocenters. The Balaban J connectivity index is 1.23. The van der Waals surface area contributed by atoms with Gasteiger partial charge >= 0.3 is 0 Å². The average Bonchev–Trinajstić information content (AvgIpc) is 3.44. The van der Waals surface area contributed by atoms with Crippen molar-refractivity contribution in [3.63, 3.8) is 0 Å². The van der Waals surface area contributed by atoms with E-state index in [2.05, 4.69) is 25.0 Å². The first-order valence-electron chi connectivity index (χ1n) is 10.2. The minimum atomic E-state index is -0.802. The number of halogens is 1. The average molecular weight is 409 g/mol. The highest BCUT2D eigenvalue weighted by molar-refractivity contribution is 5.88. The normalized spacial score (nSPS) is 25.4. The summed E-state index contributed by atoms with van der Waals surface area (Å²) in [6.45, 7) is 1.23. The fourth-order valence-corrected chi connectivity index (χ4v) is 5.01. The molecule has 3 saturated heterocycles. The van der Waals surface area contributed by atoms with Gasteiger partial charge in [-0.15, -0.1) is 0 Å². The molecule has 1 amide bonds. The fraction of sp³-hybridized carbons (Fsp3) is 0.450. The van der Waals surface area contributed by atoms with Gasteiger partial charge in [0.25, 0.3) is 5.91 Å². The van der Waals surface area contributed by atoms with E-state index >= 15 is 0 Å². The molecule has 0 saturated carbocycles. The maximum atomic E-state index is 13.8. The number of aromatic nitrogens is 5. The molecule has 0 N–H and O–H groups in total. The number of carbonyl (C=O) groups is 1. The van der Waals surface area contributed by atoms with Gasteiger partial charge in [0.2, 0.25) is 0 Å². The highest BCUT2D eigenvalue weighted by Gasteiger charge is 2.58. The number of hydrogen-bond acceptors (Lipinski definition) is 7. The second-order valence-corrected chi connectivity index (χ2v) is 8.02. The Bertz CT molecular complexity index is 1110. The molecule has 3 aliphatic heterocycles. The van der Waals surface area contributed by atoms with E-state index in [-0.39, 0.29) is 23.8 Å². The van der Waals surface area contributed by atoms with Gasteiger partial charge in [-0.1, -0.05) is 0 Å². The predicted molar refractivity (Wildman–Crippen MR) is 103 cm³/mol. The first-order valence-corrected chi connectivity index (χ1v) is 10.2. The van der Waals surface area contributed by atoms with Gasteiger partial charge in [-0.25, -0.2) is 9.37 Å². The molecule has 10 heteroatoms. The van der Waals surface area contributed by atoms with Crippen LogP contribution in [0.1, 0.15) is 37.4 Å². The zero-order chi connectivity index (χ0) is 20.3. The van der Waals surface area contributed by atoms with Crippen molar-refractivity contribution >= 4 is 17.4 Å². The van der Waals surface area contributed by atoms with Crippen molar-refractivity contribution in [1.29, 1.82) is 0 Å². The van der Waals surface area contributed by atoms with Gasteiger partial charge in [-0.05, 0) is 18.9 Å². The van der Waals surface area contributed by atoms with Crippen LogP contribution in [0.25, 0.3) is 5.65 Å². The third kappa shape index (κ3) is 2.46. The molecule has 1 spiro atoms. The Morgan fingerprint density at radius 3 is 2.77 bits per heavy atom. The van der Waals surface area contributed by atoms with Crippen LogP contribution in [0, 0.1) is 5.82 Å². The van der Waals surface area contributed by atoms with Crippen molar-refractivity contribution in [2.75, 3.05) is 18.0 Å². The van der Waals surface area contributed by atoms with E-state index in [4.69, 9.17) is 4.74 Å². The molecule has 9 nitrogen and oxygen atoms in total. The van der Waals surface area contributed by atoms with Gasteiger partial charge in [0.05, 0.1) is 24.1 Å². The lowest BCUT2D eigenvalue weighted by molar-refractivity contribution is -0.140. The second-order valence-electron chi connectivity index (χ2n) is 8.02. The van der Waals surface area contributed by atoms with Crippen LogP contribution in [-0.4, -0.2) is 60.3 Å². The Labute approximate surface area is 171 Å². The topological polar surface area (TPSA) is 88.8 Å². The molecule has 0 aliphatic carbocycles. The Morgan fingerprint density at radius 1 is 1.10 bits per heavy atom. The van der Waals surface area contributed by atoms with Crippen molar-refractivity contribution < 1.29 is 13.9 Å². The molecular formula is C20H20FN7O2. The first-order chi connectivity index (χ1) is 14.7. The molecule has 30 heavy (non-hydrogen) atoms. The Morgan fingerprint density at radius 2 is 1.97 bits per heavy atom. The minimum absolute atomic E-state index is 0.0466. The van der Waals surface area contributed by atoms with Gasteiger partial charge < -0.3 is 14.5 Å². The van der Waals surface area contributed by atoms with Crippen LogP contribution < -0.4 is 4.90 Å². The summed E-state index contributed by atoms with van der Waals surface area (Å²) in [5.74, 6) is 0.364. The maximum absolute atomic E-state index is 13.8. The molecule has 3 fully saturated rings. The quantitative estimate of drug-likeness (QED) is 0.637. The molecule has 3 aromatic heterocycles. The summed E-state index contributed by atoms with van der Waals surface area (Å²) >= 11 is 0. The van der Waals surface area contributed by atoms with Gasteiger partial charge in [-0.2, -0.15) is 9.61 Å². The Kier molecular flexibility index (Phi) is 3.79. The fourth-order valence-electron chi connectivity index (χ4n) is 5.01. The van der Waals surface area contributed by atoms with Gasteiger partial charge in [0.1, 0.15) is 12.0 Å². The van der Waals surface area contributed by atoms with Crippen LogP contribution in [0.15, 0.2) is 37.1 Å². The summed E-state index contributed by atoms with van der Waals surface area (Å²) in [6.07, 6.45) is 10.3. The molecule has 6 rings (SSSR count). The van der Waals surface area contributed by atoms with Crippen molar-refractivity contribution in [3.05, 3.63) is 48.6 Å². The second kappa shape index (κ2) is 6.43. The lowest BCUT2D eigenvalue weighted by Crippen LogP contribution is -2.50. The molecule has 6 heterocycles. The van der Waals surface area contributed by atoms with Crippen LogP contribution in [0.5, 0.6) is 0 Å². The molecule has 154 valence electrons. The largest absolute Gasteiger partial charge is 0.356 e.